The van der Waals surface area contributed by atoms with E-state index in [-0.39, 0.29) is 70.8 Å². The summed E-state index contributed by atoms with van der Waals surface area (Å²) in [5, 5.41) is 4.32. The zero-order chi connectivity index (χ0) is 10.8. The first-order valence-corrected chi connectivity index (χ1v) is 5.90. The summed E-state index contributed by atoms with van der Waals surface area (Å²) in [6, 6.07) is 0. The van der Waals surface area contributed by atoms with Crippen molar-refractivity contribution >= 4 is 5.91 Å². The summed E-state index contributed by atoms with van der Waals surface area (Å²) in [5.41, 5.74) is 0.0892. The van der Waals surface area contributed by atoms with Crippen LogP contribution in [0.25, 0.3) is 5.32 Å². The van der Waals surface area contributed by atoms with E-state index in [1.54, 1.807) is 0 Å². The topological polar surface area (TPSA) is 43.7 Å². The van der Waals surface area contributed by atoms with Crippen LogP contribution in [-0.4, -0.2) is 23.7 Å². The van der Waals surface area contributed by atoms with Crippen LogP contribution in [0.4, 0.5) is 0 Å². The molecule has 2 aliphatic heterocycles. The second-order valence-corrected chi connectivity index (χ2v) is 5.71. The average molecular weight is 481 g/mol. The Labute approximate surface area is 142 Å². The fraction of sp³-hybridized carbons (Fsp3) is 0.917. The molecule has 0 aromatic carbocycles. The van der Waals surface area contributed by atoms with Gasteiger partial charge in [0.2, 0.25) is 0 Å². The van der Waals surface area contributed by atoms with E-state index in [0.717, 1.165) is 13.0 Å². The van der Waals surface area contributed by atoms with Crippen LogP contribution in [0, 0.1) is 17.8 Å². The summed E-state index contributed by atoms with van der Waals surface area (Å²) in [5.74, 6) is 1.59. The number of nitrogens with zero attached hydrogens (tertiary/aromatic N) is 1. The van der Waals surface area contributed by atoms with Crippen molar-refractivity contribution in [1.82, 2.24) is 0 Å². The van der Waals surface area contributed by atoms with Crippen LogP contribution < -0.4 is 0 Å². The van der Waals surface area contributed by atoms with E-state index in [0.29, 0.717) is 24.2 Å². The molecular formula is C12H18NO2WY-. The van der Waals surface area contributed by atoms with E-state index in [2.05, 4.69) is 26.1 Å². The van der Waals surface area contributed by atoms with E-state index in [1.807, 2.05) is 0 Å². The number of epoxide rings is 1. The first-order valence-electron chi connectivity index (χ1n) is 5.90. The van der Waals surface area contributed by atoms with Crippen molar-refractivity contribution in [2.24, 2.45) is 17.8 Å². The van der Waals surface area contributed by atoms with Crippen LogP contribution in [0.3, 0.4) is 0 Å². The van der Waals surface area contributed by atoms with Crippen molar-refractivity contribution < 1.29 is 63.3 Å². The summed E-state index contributed by atoms with van der Waals surface area (Å²) in [6.45, 7) is 7.62. The molecular weight excluding hydrogens is 463 g/mol. The van der Waals surface area contributed by atoms with Crippen LogP contribution in [0.15, 0.2) is 0 Å². The Morgan fingerprint density at radius 3 is 2.24 bits per heavy atom. The largest absolute Gasteiger partial charge is 0.647 e. The zero-order valence-electron chi connectivity index (χ0n) is 10.6. The monoisotopic (exact) mass is 481 g/mol. The van der Waals surface area contributed by atoms with Crippen LogP contribution in [0.2, 0.25) is 0 Å². The second kappa shape index (κ2) is 4.96. The summed E-state index contributed by atoms with van der Waals surface area (Å²) in [6.07, 6.45) is 1.74. The molecule has 0 aromatic rings. The van der Waals surface area contributed by atoms with Crippen molar-refractivity contribution in [3.8, 4) is 0 Å². The van der Waals surface area contributed by atoms with Gasteiger partial charge in [-0.1, -0.05) is 32.2 Å². The van der Waals surface area contributed by atoms with E-state index in [4.69, 9.17) is 4.74 Å². The molecule has 0 aromatic heterocycles. The number of amides is 1. The minimum absolute atomic E-state index is 0. The molecule has 3 nitrogen and oxygen atoms in total. The zero-order valence-corrected chi connectivity index (χ0v) is 16.4. The van der Waals surface area contributed by atoms with Gasteiger partial charge in [-0.2, -0.15) is 0 Å². The fourth-order valence-electron chi connectivity index (χ4n) is 3.70. The first kappa shape index (κ1) is 16.3. The van der Waals surface area contributed by atoms with Gasteiger partial charge < -0.3 is 14.8 Å². The molecule has 5 heteroatoms. The molecule has 3 fully saturated rings. The first-order chi connectivity index (χ1) is 7.00. The molecule has 93 valence electrons. The summed E-state index contributed by atoms with van der Waals surface area (Å²) in [4.78, 5) is 11.1. The number of β-lactam (4-membered cyclic amide) rings is 1. The molecule has 1 saturated carbocycles. The Morgan fingerprint density at radius 2 is 1.82 bits per heavy atom. The van der Waals surface area contributed by atoms with Gasteiger partial charge in [0.1, 0.15) is 0 Å². The Bertz CT molecular complexity index is 324. The van der Waals surface area contributed by atoms with Gasteiger partial charge in [-0.25, -0.2) is 0 Å². The van der Waals surface area contributed by atoms with Crippen LogP contribution in [0.5, 0.6) is 0 Å². The molecule has 5 atom stereocenters. The Hall–Kier alpha value is 1.22. The molecule has 0 N–H and O–H groups in total. The SMILES string of the molecule is CC1C(C)C2(CC(=O)[N-]2)C(C)CC12CO2.[W].[Y]. The second-order valence-electron chi connectivity index (χ2n) is 5.71. The molecule has 3 aliphatic rings. The van der Waals surface area contributed by atoms with Crippen molar-refractivity contribution in [3.63, 3.8) is 0 Å². The number of carbonyl (C=O) groups is 1. The summed E-state index contributed by atoms with van der Waals surface area (Å²) < 4.78 is 5.65. The third-order valence-electron chi connectivity index (χ3n) is 5.16. The smallest absolute Gasteiger partial charge is 0.0946 e. The normalized spacial score (nSPS) is 51.0. The van der Waals surface area contributed by atoms with Crippen molar-refractivity contribution in [3.05, 3.63) is 5.32 Å². The van der Waals surface area contributed by atoms with E-state index in [9.17, 15) is 4.79 Å². The molecule has 5 unspecified atom stereocenters. The van der Waals surface area contributed by atoms with Gasteiger partial charge in [-0.3, -0.25) is 0 Å². The molecule has 2 saturated heterocycles. The van der Waals surface area contributed by atoms with Gasteiger partial charge in [0.25, 0.3) is 0 Å². The van der Waals surface area contributed by atoms with Gasteiger partial charge in [0.15, 0.2) is 0 Å². The minimum atomic E-state index is -0.0479. The van der Waals surface area contributed by atoms with Gasteiger partial charge >= 0.3 is 0 Å². The van der Waals surface area contributed by atoms with Gasteiger partial charge in [0, 0.05) is 53.8 Å². The standard InChI is InChI=1S/C12H19NO2.W.Y/c1-7-4-11(6-15-11)8(2)9(3)12(7)5-10(14)13-12;;/h7-9H,4-6H2,1-3H3,(H,13,14);;/p-1. The number of ether oxygens (including phenoxy) is 1. The number of hydrogen-bond donors (Lipinski definition) is 0. The minimum Gasteiger partial charge on any atom is -0.647 e. The average Bonchev–Trinajstić information content (AvgIpc) is 2.89. The number of hydrogen-bond acceptors (Lipinski definition) is 2. The molecule has 0 bridgehead atoms. The Morgan fingerprint density at radius 1 is 1.29 bits per heavy atom. The predicted octanol–water partition coefficient (Wildman–Crippen LogP) is 2.11. The Kier molecular flexibility index (Phi) is 4.75. The molecule has 1 radical (unpaired) electrons. The molecule has 1 aliphatic carbocycles. The van der Waals surface area contributed by atoms with Crippen LogP contribution in [0.1, 0.15) is 33.6 Å². The number of carbonyl (C=O) groups excluding carboxylic acids is 1. The van der Waals surface area contributed by atoms with Crippen molar-refractivity contribution in [1.29, 1.82) is 0 Å². The maximum Gasteiger partial charge on any atom is 0.0946 e. The quantitative estimate of drug-likeness (QED) is 0.394. The molecule has 17 heavy (non-hydrogen) atoms. The molecule has 1 amide bonds. The van der Waals surface area contributed by atoms with E-state index >= 15 is 0 Å². The van der Waals surface area contributed by atoms with Crippen molar-refractivity contribution in [2.45, 2.75) is 44.8 Å². The predicted molar refractivity (Wildman–Crippen MR) is 56.5 cm³/mol. The molecule has 2 heterocycles. The maximum absolute atomic E-state index is 11.1. The van der Waals surface area contributed by atoms with Gasteiger partial charge in [0.05, 0.1) is 18.1 Å². The van der Waals surface area contributed by atoms with E-state index < -0.39 is 0 Å². The van der Waals surface area contributed by atoms with E-state index in [1.165, 1.54) is 0 Å². The van der Waals surface area contributed by atoms with Crippen LogP contribution >= 0.6 is 0 Å². The maximum atomic E-state index is 11.1. The molecule has 3 rings (SSSR count). The Balaban J connectivity index is 0.000000722. The summed E-state index contributed by atoms with van der Waals surface area (Å²) >= 11 is 0. The van der Waals surface area contributed by atoms with Gasteiger partial charge in [-0.15, -0.1) is 0 Å². The van der Waals surface area contributed by atoms with Gasteiger partial charge in [-0.05, 0) is 24.7 Å². The fourth-order valence-corrected chi connectivity index (χ4v) is 3.70. The molecule has 2 spiro atoms. The van der Waals surface area contributed by atoms with Crippen LogP contribution in [-0.2, 0) is 63.3 Å². The van der Waals surface area contributed by atoms with Crippen molar-refractivity contribution in [2.75, 3.05) is 6.61 Å². The summed E-state index contributed by atoms with van der Waals surface area (Å²) in [7, 11) is 0. The third-order valence-corrected chi connectivity index (χ3v) is 5.16. The third kappa shape index (κ3) is 2.14. The number of rotatable bonds is 0.